The van der Waals surface area contributed by atoms with E-state index in [1.165, 1.54) is 6.92 Å². The van der Waals surface area contributed by atoms with Gasteiger partial charge in [-0.1, -0.05) is 6.58 Å². The van der Waals surface area contributed by atoms with Crippen LogP contribution in [0.25, 0.3) is 0 Å². The quantitative estimate of drug-likeness (QED) is 0.110. The van der Waals surface area contributed by atoms with Crippen LogP contribution in [0, 0.1) is 0 Å². The number of esters is 1. The molecule has 0 aromatic rings. The van der Waals surface area contributed by atoms with Crippen molar-refractivity contribution in [2.75, 3.05) is 25.4 Å². The normalized spacial score (nSPS) is 15.2. The van der Waals surface area contributed by atoms with E-state index in [4.69, 9.17) is 0 Å². The van der Waals surface area contributed by atoms with Crippen molar-refractivity contribution < 1.29 is 92.6 Å². The van der Waals surface area contributed by atoms with Crippen LogP contribution < -0.4 is 5.32 Å². The lowest BCUT2D eigenvalue weighted by Gasteiger charge is -2.42. The zero-order valence-electron chi connectivity index (χ0n) is 19.2. The predicted molar refractivity (Wildman–Crippen MR) is 97.7 cm³/mol. The maximum absolute atomic E-state index is 13.9. The Kier molecular flexibility index (Phi) is 10.7. The van der Waals surface area contributed by atoms with Gasteiger partial charge in [0.1, 0.15) is 6.61 Å². The van der Waals surface area contributed by atoms with Gasteiger partial charge in [0, 0.05) is 12.1 Å². The number of nitrogens with one attached hydrogen (secondary N) is 1. The largest absolute Gasteiger partial charge is 0.461 e. The maximum atomic E-state index is 13.9. The molecule has 40 heavy (non-hydrogen) atoms. The van der Waals surface area contributed by atoms with Gasteiger partial charge >= 0.3 is 52.9 Å². The van der Waals surface area contributed by atoms with Gasteiger partial charge in [0.25, 0.3) is 0 Å². The summed E-state index contributed by atoms with van der Waals surface area (Å²) in [4.78, 5) is 11.1. The first-order chi connectivity index (χ1) is 17.3. The molecule has 238 valence electrons. The van der Waals surface area contributed by atoms with Crippen LogP contribution in [0.1, 0.15) is 13.3 Å². The van der Waals surface area contributed by atoms with E-state index >= 15 is 0 Å². The van der Waals surface area contributed by atoms with Gasteiger partial charge < -0.3 is 10.1 Å². The molecular weight excluding hydrogens is 637 g/mol. The average molecular weight is 653 g/mol. The van der Waals surface area contributed by atoms with Crippen molar-refractivity contribution in [3.05, 3.63) is 12.2 Å². The minimum atomic E-state index is -8.86. The fraction of sp³-hybridized carbons (Fsp3) is 0.824. The second-order valence-corrected chi connectivity index (χ2v) is 9.95. The molecule has 0 aromatic heterocycles. The van der Waals surface area contributed by atoms with Gasteiger partial charge in [-0.05, 0) is 19.9 Å². The van der Waals surface area contributed by atoms with Crippen LogP contribution in [-0.4, -0.2) is 86.8 Å². The number of hydrogen-bond donors (Lipinski definition) is 1. The Bertz CT molecular complexity index is 1040. The van der Waals surface area contributed by atoms with Crippen molar-refractivity contribution in [2.45, 2.75) is 60.3 Å². The molecule has 5 nitrogen and oxygen atoms in total. The van der Waals surface area contributed by atoms with E-state index < -0.39 is 88.1 Å². The lowest BCUT2D eigenvalue weighted by molar-refractivity contribution is -0.458. The second kappa shape index (κ2) is 11.3. The topological polar surface area (TPSA) is 72.5 Å². The van der Waals surface area contributed by atoms with Gasteiger partial charge in [-0.2, -0.15) is 74.6 Å². The molecule has 0 bridgehead atoms. The van der Waals surface area contributed by atoms with Crippen molar-refractivity contribution in [1.82, 2.24) is 5.32 Å². The predicted octanol–water partition coefficient (Wildman–Crippen LogP) is 5.47. The Morgan fingerprint density at radius 3 is 1.43 bits per heavy atom. The SMILES string of the molecule is C=C(C)C(=O)OCCNCCCS(=O)(=O)C(F)(F)C(F)(F)C(F)(F)C(F)(F)C(F)(F)C(F)(F)C(F)(F)C(F)(F)F. The van der Waals surface area contributed by atoms with Crippen LogP contribution in [0.15, 0.2) is 12.2 Å². The number of sulfone groups is 1. The molecule has 0 unspecified atom stereocenters. The Hall–Kier alpha value is -2.07. The van der Waals surface area contributed by atoms with Crippen LogP contribution >= 0.6 is 0 Å². The number of rotatable bonds is 15. The van der Waals surface area contributed by atoms with Gasteiger partial charge in [0.15, 0.2) is 0 Å². The summed E-state index contributed by atoms with van der Waals surface area (Å²) in [6.07, 6.45) is -9.13. The highest BCUT2D eigenvalue weighted by molar-refractivity contribution is 7.92. The number of hydrogen-bond acceptors (Lipinski definition) is 5. The third-order valence-corrected chi connectivity index (χ3v) is 6.57. The summed E-state index contributed by atoms with van der Waals surface area (Å²) in [5.74, 6) is -54.9. The van der Waals surface area contributed by atoms with Crippen molar-refractivity contribution in [3.8, 4) is 0 Å². The van der Waals surface area contributed by atoms with Crippen LogP contribution in [0.2, 0.25) is 0 Å². The molecule has 0 amide bonds. The van der Waals surface area contributed by atoms with E-state index in [1.54, 1.807) is 0 Å². The van der Waals surface area contributed by atoms with Crippen molar-refractivity contribution in [1.29, 1.82) is 0 Å². The summed E-state index contributed by atoms with van der Waals surface area (Å²) < 4.78 is 253. The first-order valence-electron chi connectivity index (χ1n) is 9.80. The van der Waals surface area contributed by atoms with Crippen LogP contribution in [0.4, 0.5) is 74.6 Å². The molecule has 0 aromatic carbocycles. The number of halogens is 17. The highest BCUT2D eigenvalue weighted by Crippen LogP contribution is 2.64. The Morgan fingerprint density at radius 1 is 0.675 bits per heavy atom. The van der Waals surface area contributed by atoms with E-state index in [2.05, 4.69) is 16.6 Å². The van der Waals surface area contributed by atoms with Gasteiger partial charge in [0.2, 0.25) is 9.84 Å². The fourth-order valence-electron chi connectivity index (χ4n) is 2.32. The van der Waals surface area contributed by atoms with Gasteiger partial charge in [-0.25, -0.2) is 13.2 Å². The Balaban J connectivity index is 6.03. The third kappa shape index (κ3) is 6.08. The van der Waals surface area contributed by atoms with E-state index in [-0.39, 0.29) is 12.1 Å². The summed E-state index contributed by atoms with van der Waals surface area (Å²) in [7, 11) is -7.11. The second-order valence-electron chi connectivity index (χ2n) is 7.80. The van der Waals surface area contributed by atoms with Crippen molar-refractivity contribution in [3.63, 3.8) is 0 Å². The Morgan fingerprint density at radius 2 is 1.05 bits per heavy atom. The third-order valence-electron chi connectivity index (χ3n) is 4.71. The summed E-state index contributed by atoms with van der Waals surface area (Å²) in [6, 6.07) is 0. The lowest BCUT2D eigenvalue weighted by atomic mass is 9.91. The number of carbonyl (C=O) groups excluding carboxylic acids is 1. The monoisotopic (exact) mass is 653 g/mol. The minimum Gasteiger partial charge on any atom is -0.461 e. The van der Waals surface area contributed by atoms with Crippen molar-refractivity contribution in [2.24, 2.45) is 0 Å². The summed E-state index contributed by atoms with van der Waals surface area (Å²) in [6.45, 7) is 2.77. The first-order valence-corrected chi connectivity index (χ1v) is 11.4. The molecule has 0 heterocycles. The molecule has 0 aliphatic rings. The molecule has 0 atom stereocenters. The fourth-order valence-corrected chi connectivity index (χ4v) is 3.62. The lowest BCUT2D eigenvalue weighted by Crippen LogP contribution is -2.75. The molecule has 0 radical (unpaired) electrons. The Labute approximate surface area is 212 Å². The molecule has 1 N–H and O–H groups in total. The molecule has 0 rings (SSSR count). The molecule has 0 aliphatic carbocycles. The molecule has 0 saturated heterocycles. The van der Waals surface area contributed by atoms with Crippen LogP contribution in [0.3, 0.4) is 0 Å². The molecular formula is C17H16F17NO4S. The average Bonchev–Trinajstić information content (AvgIpc) is 2.76. The maximum Gasteiger partial charge on any atom is 0.460 e. The molecule has 0 saturated carbocycles. The molecule has 23 heteroatoms. The minimum absolute atomic E-state index is 0.0767. The highest BCUT2D eigenvalue weighted by atomic mass is 32.2. The standard InChI is InChI=1S/C17H16F17NO4S/c1-8(2)9(36)39-6-5-35-4-3-7-40(37,38)17(33,34)15(28,29)13(24,25)11(20,21)10(18,19)12(22,23)14(26,27)16(30,31)32/h35H,1,3-7H2,2H3. The number of alkyl halides is 17. The summed E-state index contributed by atoms with van der Waals surface area (Å²) in [5.41, 5.74) is -0.0767. The summed E-state index contributed by atoms with van der Waals surface area (Å²) in [5, 5.41) is -5.37. The van der Waals surface area contributed by atoms with E-state index in [1.807, 2.05) is 0 Å². The van der Waals surface area contributed by atoms with E-state index in [0.29, 0.717) is 0 Å². The number of carbonyl (C=O) groups is 1. The molecule has 0 aliphatic heterocycles. The zero-order valence-corrected chi connectivity index (χ0v) is 20.0. The smallest absolute Gasteiger partial charge is 0.460 e. The first kappa shape index (κ1) is 37.9. The van der Waals surface area contributed by atoms with Gasteiger partial charge in [0.05, 0.1) is 5.75 Å². The zero-order chi connectivity index (χ0) is 32.6. The van der Waals surface area contributed by atoms with E-state index in [0.717, 1.165) is 0 Å². The number of ether oxygens (including phenoxy) is 1. The molecule has 0 spiro atoms. The van der Waals surface area contributed by atoms with Crippen LogP contribution in [-0.2, 0) is 19.4 Å². The van der Waals surface area contributed by atoms with Gasteiger partial charge in [-0.15, -0.1) is 0 Å². The van der Waals surface area contributed by atoms with E-state index in [9.17, 15) is 87.8 Å². The van der Waals surface area contributed by atoms with Crippen LogP contribution in [0.5, 0.6) is 0 Å². The molecule has 0 fully saturated rings. The van der Waals surface area contributed by atoms with Gasteiger partial charge in [-0.3, -0.25) is 0 Å². The highest BCUT2D eigenvalue weighted by Gasteiger charge is 2.96. The van der Waals surface area contributed by atoms with Crippen molar-refractivity contribution >= 4 is 15.8 Å². The summed E-state index contributed by atoms with van der Waals surface area (Å²) >= 11 is 0.